The van der Waals surface area contributed by atoms with Gasteiger partial charge in [0, 0.05) is 12.8 Å². The molecule has 0 aliphatic rings. The first kappa shape index (κ1) is 43.0. The van der Waals surface area contributed by atoms with Crippen molar-refractivity contribution in [3.05, 3.63) is 0 Å². The molecule has 3 atom stereocenters. The van der Waals surface area contributed by atoms with Crippen molar-refractivity contribution in [1.82, 2.24) is 0 Å². The van der Waals surface area contributed by atoms with Crippen molar-refractivity contribution in [3.63, 3.8) is 0 Å². The van der Waals surface area contributed by atoms with Crippen molar-refractivity contribution in [2.75, 3.05) is 26.4 Å². The van der Waals surface area contributed by atoms with Gasteiger partial charge in [0.1, 0.15) is 12.7 Å². The molecular weight excluding hydrogens is 587 g/mol. The summed E-state index contributed by atoms with van der Waals surface area (Å²) in [6.45, 7) is 2.31. The van der Waals surface area contributed by atoms with Gasteiger partial charge in [-0.15, -0.1) is 0 Å². The summed E-state index contributed by atoms with van der Waals surface area (Å²) in [5.41, 5.74) is 0. The van der Waals surface area contributed by atoms with Crippen molar-refractivity contribution in [2.45, 2.75) is 174 Å². The highest BCUT2D eigenvalue weighted by atomic mass is 31.2. The van der Waals surface area contributed by atoms with Crippen molar-refractivity contribution in [3.8, 4) is 0 Å². The van der Waals surface area contributed by atoms with Crippen LogP contribution in [-0.4, -0.2) is 65.7 Å². The van der Waals surface area contributed by atoms with E-state index in [4.69, 9.17) is 19.1 Å². The number of carbonyl (C=O) groups is 2. The lowest BCUT2D eigenvalue weighted by atomic mass is 10.0. The van der Waals surface area contributed by atoms with Crippen LogP contribution < -0.4 is 0 Å². The van der Waals surface area contributed by atoms with Crippen LogP contribution in [0.4, 0.5) is 0 Å². The molecule has 0 amide bonds. The number of hydrogen-bond donors (Lipinski definition) is 3. The summed E-state index contributed by atoms with van der Waals surface area (Å²) in [6, 6.07) is 0. The van der Waals surface area contributed by atoms with Crippen LogP contribution in [0.5, 0.6) is 0 Å². The standard InChI is InChI=1S/C33H65O10P/c1-3-5-7-9-11-12-13-14-15-16-17-19-20-22-24-32(36)40-28-31(29-42-44(38,39)41-27-30(35)26-34)43-33(37)25-23-21-18-10-8-6-4-2/h30-31,34-35H,3-29H2,1-2H3,(H,38,39)/t30-,31+/m1/s1. The lowest BCUT2D eigenvalue weighted by molar-refractivity contribution is -0.161. The number of ether oxygens (including phenoxy) is 2. The average molecular weight is 653 g/mol. The van der Waals surface area contributed by atoms with Crippen LogP contribution in [0.3, 0.4) is 0 Å². The predicted molar refractivity (Wildman–Crippen MR) is 173 cm³/mol. The van der Waals surface area contributed by atoms with Crippen LogP contribution in [0.15, 0.2) is 0 Å². The molecule has 3 N–H and O–H groups in total. The largest absolute Gasteiger partial charge is 0.472 e. The molecule has 0 aromatic heterocycles. The van der Waals surface area contributed by atoms with Gasteiger partial charge < -0.3 is 24.6 Å². The zero-order valence-corrected chi connectivity index (χ0v) is 28.8. The van der Waals surface area contributed by atoms with Crippen molar-refractivity contribution in [2.24, 2.45) is 0 Å². The van der Waals surface area contributed by atoms with Crippen LogP contribution in [0.25, 0.3) is 0 Å². The zero-order chi connectivity index (χ0) is 32.7. The molecule has 0 fully saturated rings. The number of hydrogen-bond acceptors (Lipinski definition) is 9. The van der Waals surface area contributed by atoms with Gasteiger partial charge in [-0.05, 0) is 12.8 Å². The molecule has 0 aliphatic carbocycles. The predicted octanol–water partition coefficient (Wildman–Crippen LogP) is 7.94. The van der Waals surface area contributed by atoms with E-state index < -0.39 is 51.8 Å². The second kappa shape index (κ2) is 30.6. The monoisotopic (exact) mass is 652 g/mol. The molecule has 0 heterocycles. The fraction of sp³-hybridized carbons (Fsp3) is 0.939. The Bertz CT molecular complexity index is 721. The number of phosphoric acid groups is 1. The molecule has 10 nitrogen and oxygen atoms in total. The van der Waals surface area contributed by atoms with Crippen LogP contribution in [0.1, 0.15) is 162 Å². The summed E-state index contributed by atoms with van der Waals surface area (Å²) < 4.78 is 32.4. The maximum atomic E-state index is 12.4. The number of unbranched alkanes of at least 4 members (excludes halogenated alkanes) is 19. The molecule has 0 saturated heterocycles. The topological polar surface area (TPSA) is 149 Å². The van der Waals surface area contributed by atoms with Gasteiger partial charge in [-0.1, -0.05) is 136 Å². The van der Waals surface area contributed by atoms with Gasteiger partial charge in [0.15, 0.2) is 6.10 Å². The summed E-state index contributed by atoms with van der Waals surface area (Å²) in [5, 5.41) is 18.2. The second-order valence-electron chi connectivity index (χ2n) is 11.9. The number of aliphatic hydroxyl groups is 2. The number of aliphatic hydroxyl groups excluding tert-OH is 2. The van der Waals surface area contributed by atoms with Gasteiger partial charge in [0.05, 0.1) is 19.8 Å². The summed E-state index contributed by atoms with van der Waals surface area (Å²) >= 11 is 0. The van der Waals surface area contributed by atoms with E-state index >= 15 is 0 Å². The Balaban J connectivity index is 4.30. The third-order valence-corrected chi connectivity index (χ3v) is 8.46. The Morgan fingerprint density at radius 1 is 0.591 bits per heavy atom. The third-order valence-electron chi connectivity index (χ3n) is 7.51. The summed E-state index contributed by atoms with van der Waals surface area (Å²) in [7, 11) is -4.59. The van der Waals surface area contributed by atoms with E-state index in [-0.39, 0.29) is 19.4 Å². The molecule has 0 saturated carbocycles. The first-order chi connectivity index (χ1) is 21.2. The Morgan fingerprint density at radius 3 is 1.41 bits per heavy atom. The van der Waals surface area contributed by atoms with Gasteiger partial charge >= 0.3 is 19.8 Å². The number of rotatable bonds is 33. The van der Waals surface area contributed by atoms with E-state index in [0.717, 1.165) is 38.5 Å². The minimum Gasteiger partial charge on any atom is -0.462 e. The molecule has 0 radical (unpaired) electrons. The fourth-order valence-electron chi connectivity index (χ4n) is 4.76. The van der Waals surface area contributed by atoms with Gasteiger partial charge in [-0.3, -0.25) is 18.6 Å². The van der Waals surface area contributed by atoms with E-state index in [1.807, 2.05) is 0 Å². The van der Waals surface area contributed by atoms with Crippen LogP contribution >= 0.6 is 7.82 Å². The summed E-state index contributed by atoms with van der Waals surface area (Å²) in [5.74, 6) is -0.925. The van der Waals surface area contributed by atoms with Crippen LogP contribution in [-0.2, 0) is 32.7 Å². The molecule has 0 aromatic rings. The maximum absolute atomic E-state index is 12.4. The highest BCUT2D eigenvalue weighted by Gasteiger charge is 2.27. The third kappa shape index (κ3) is 29.7. The lowest BCUT2D eigenvalue weighted by Gasteiger charge is -2.20. The molecule has 0 spiro atoms. The second-order valence-corrected chi connectivity index (χ2v) is 13.4. The number of phosphoric ester groups is 1. The minimum absolute atomic E-state index is 0.188. The Hall–Kier alpha value is -1.03. The van der Waals surface area contributed by atoms with E-state index in [1.165, 1.54) is 83.5 Å². The minimum atomic E-state index is -4.59. The van der Waals surface area contributed by atoms with E-state index in [1.54, 1.807) is 0 Å². The van der Waals surface area contributed by atoms with Crippen molar-refractivity contribution in [1.29, 1.82) is 0 Å². The normalized spacial score (nSPS) is 14.2. The molecule has 11 heteroatoms. The van der Waals surface area contributed by atoms with Crippen molar-refractivity contribution < 1.29 is 47.8 Å². The number of carbonyl (C=O) groups excluding carboxylic acids is 2. The Morgan fingerprint density at radius 2 is 0.977 bits per heavy atom. The molecular formula is C33H65O10P. The quantitative estimate of drug-likeness (QED) is 0.0362. The van der Waals surface area contributed by atoms with Gasteiger partial charge in [0.25, 0.3) is 0 Å². The van der Waals surface area contributed by atoms with Crippen LogP contribution in [0, 0.1) is 0 Å². The first-order valence-electron chi connectivity index (χ1n) is 17.5. The van der Waals surface area contributed by atoms with Gasteiger partial charge in [0.2, 0.25) is 0 Å². The molecule has 1 unspecified atom stereocenters. The van der Waals surface area contributed by atoms with Crippen LogP contribution in [0.2, 0.25) is 0 Å². The average Bonchev–Trinajstić information content (AvgIpc) is 3.00. The molecule has 262 valence electrons. The van der Waals surface area contributed by atoms with E-state index in [9.17, 15) is 24.2 Å². The molecule has 0 aromatic carbocycles. The molecule has 0 bridgehead atoms. The van der Waals surface area contributed by atoms with E-state index in [0.29, 0.717) is 12.8 Å². The first-order valence-corrected chi connectivity index (χ1v) is 19.0. The summed E-state index contributed by atoms with van der Waals surface area (Å²) in [4.78, 5) is 34.5. The van der Waals surface area contributed by atoms with Gasteiger partial charge in [-0.2, -0.15) is 0 Å². The molecule has 44 heavy (non-hydrogen) atoms. The Labute approximate surface area is 267 Å². The number of esters is 2. The Kier molecular flexibility index (Phi) is 29.9. The lowest BCUT2D eigenvalue weighted by Crippen LogP contribution is -2.29. The molecule has 0 rings (SSSR count). The molecule has 0 aliphatic heterocycles. The summed E-state index contributed by atoms with van der Waals surface area (Å²) in [6.07, 6.45) is 22.4. The highest BCUT2D eigenvalue weighted by Crippen LogP contribution is 2.43. The maximum Gasteiger partial charge on any atom is 0.472 e. The smallest absolute Gasteiger partial charge is 0.462 e. The van der Waals surface area contributed by atoms with E-state index in [2.05, 4.69) is 18.4 Å². The van der Waals surface area contributed by atoms with Gasteiger partial charge in [-0.25, -0.2) is 4.57 Å². The highest BCUT2D eigenvalue weighted by molar-refractivity contribution is 7.47. The van der Waals surface area contributed by atoms with Crippen molar-refractivity contribution >= 4 is 19.8 Å². The zero-order valence-electron chi connectivity index (χ0n) is 27.9. The SMILES string of the molecule is CCCCCCCCCCCCCCCCC(=O)OC[C@@H](COP(=O)(O)OC[C@H](O)CO)OC(=O)CCCCCCCCC. The fourth-order valence-corrected chi connectivity index (χ4v) is 5.55.